The highest BCUT2D eigenvalue weighted by atomic mass is 32.2. The van der Waals surface area contributed by atoms with Crippen molar-refractivity contribution in [3.63, 3.8) is 0 Å². The van der Waals surface area contributed by atoms with E-state index < -0.39 is 5.97 Å². The number of nitrogens with zero attached hydrogens (tertiary/aromatic N) is 1. The van der Waals surface area contributed by atoms with Crippen molar-refractivity contribution >= 4 is 23.6 Å². The highest BCUT2D eigenvalue weighted by Gasteiger charge is 2.15. The molecule has 0 saturated heterocycles. The molecule has 0 radical (unpaired) electrons. The molecule has 0 aromatic rings. The van der Waals surface area contributed by atoms with Gasteiger partial charge in [-0.05, 0) is 13.2 Å². The Balaban J connectivity index is 3.91. The number of carboxylic acid groups (broad SMARTS) is 1. The van der Waals surface area contributed by atoms with E-state index in [4.69, 9.17) is 5.11 Å². The predicted molar refractivity (Wildman–Crippen MR) is 57.5 cm³/mol. The smallest absolute Gasteiger partial charge is 0.303 e. The average Bonchev–Trinajstić information content (AvgIpc) is 2.13. The number of carbonyl (C=O) groups is 2. The molecule has 1 amide bonds. The summed E-state index contributed by atoms with van der Waals surface area (Å²) >= 11 is 1.67. The van der Waals surface area contributed by atoms with E-state index in [2.05, 4.69) is 0 Å². The molecule has 14 heavy (non-hydrogen) atoms. The second-order valence-electron chi connectivity index (χ2n) is 3.20. The fourth-order valence-corrected chi connectivity index (χ4v) is 1.70. The van der Waals surface area contributed by atoms with E-state index in [1.807, 2.05) is 13.2 Å². The van der Waals surface area contributed by atoms with Crippen LogP contribution in [0.25, 0.3) is 0 Å². The zero-order valence-electron chi connectivity index (χ0n) is 8.82. The highest BCUT2D eigenvalue weighted by Crippen LogP contribution is 2.06. The van der Waals surface area contributed by atoms with Gasteiger partial charge in [0.15, 0.2) is 0 Å². The van der Waals surface area contributed by atoms with Gasteiger partial charge in [-0.2, -0.15) is 11.8 Å². The van der Waals surface area contributed by atoms with Crippen LogP contribution in [0.4, 0.5) is 0 Å². The molecule has 0 heterocycles. The van der Waals surface area contributed by atoms with Crippen molar-refractivity contribution in [1.29, 1.82) is 0 Å². The molecule has 0 aliphatic rings. The summed E-state index contributed by atoms with van der Waals surface area (Å²) in [5.41, 5.74) is 0. The van der Waals surface area contributed by atoms with Crippen LogP contribution < -0.4 is 0 Å². The van der Waals surface area contributed by atoms with Gasteiger partial charge in [0.05, 0.1) is 6.42 Å². The third-order valence-electron chi connectivity index (χ3n) is 2.02. The van der Waals surface area contributed by atoms with E-state index in [0.29, 0.717) is 0 Å². The number of hydrogen-bond donors (Lipinski definition) is 1. The standard InChI is InChI=1S/C9H17NO3S/c1-7(6-14-3)10(2)8(11)4-5-9(12)13/h7H,4-6H2,1-3H3,(H,12,13). The van der Waals surface area contributed by atoms with E-state index in [-0.39, 0.29) is 24.8 Å². The number of hydrogen-bond acceptors (Lipinski definition) is 3. The van der Waals surface area contributed by atoms with Crippen LogP contribution in [-0.2, 0) is 9.59 Å². The Kier molecular flexibility index (Phi) is 6.36. The monoisotopic (exact) mass is 219 g/mol. The lowest BCUT2D eigenvalue weighted by atomic mass is 10.2. The number of carboxylic acids is 1. The molecule has 0 saturated carbocycles. The van der Waals surface area contributed by atoms with Crippen molar-refractivity contribution in [1.82, 2.24) is 4.90 Å². The van der Waals surface area contributed by atoms with E-state index >= 15 is 0 Å². The number of rotatable bonds is 6. The van der Waals surface area contributed by atoms with Crippen molar-refractivity contribution < 1.29 is 14.7 Å². The Hall–Kier alpha value is -0.710. The first-order valence-electron chi connectivity index (χ1n) is 4.45. The molecule has 0 aliphatic heterocycles. The number of carbonyl (C=O) groups excluding carboxylic acids is 1. The molecule has 0 spiro atoms. The fraction of sp³-hybridized carbons (Fsp3) is 0.778. The van der Waals surface area contributed by atoms with Gasteiger partial charge in [0, 0.05) is 25.3 Å². The Morgan fingerprint density at radius 2 is 2.00 bits per heavy atom. The molecule has 1 atom stereocenters. The lowest BCUT2D eigenvalue weighted by Crippen LogP contribution is -2.36. The van der Waals surface area contributed by atoms with Crippen molar-refractivity contribution in [2.75, 3.05) is 19.1 Å². The molecule has 0 aromatic carbocycles. The van der Waals surface area contributed by atoms with Crippen molar-refractivity contribution in [3.05, 3.63) is 0 Å². The molecule has 82 valence electrons. The maximum absolute atomic E-state index is 11.4. The minimum absolute atomic E-state index is 0.0879. The molecule has 0 bridgehead atoms. The summed E-state index contributed by atoms with van der Waals surface area (Å²) < 4.78 is 0. The molecule has 5 heteroatoms. The fourth-order valence-electron chi connectivity index (χ4n) is 0.989. The summed E-state index contributed by atoms with van der Waals surface area (Å²) in [4.78, 5) is 23.3. The second kappa shape index (κ2) is 6.70. The predicted octanol–water partition coefficient (Wildman–Crippen LogP) is 1.06. The summed E-state index contributed by atoms with van der Waals surface area (Å²) in [7, 11) is 1.71. The third-order valence-corrected chi connectivity index (χ3v) is 2.83. The minimum Gasteiger partial charge on any atom is -0.481 e. The average molecular weight is 219 g/mol. The lowest BCUT2D eigenvalue weighted by molar-refractivity contribution is -0.140. The van der Waals surface area contributed by atoms with Gasteiger partial charge in [-0.1, -0.05) is 0 Å². The van der Waals surface area contributed by atoms with Crippen LogP contribution in [0.2, 0.25) is 0 Å². The van der Waals surface area contributed by atoms with Crippen LogP contribution in [0, 0.1) is 0 Å². The largest absolute Gasteiger partial charge is 0.481 e. The maximum atomic E-state index is 11.4. The lowest BCUT2D eigenvalue weighted by Gasteiger charge is -2.24. The van der Waals surface area contributed by atoms with Gasteiger partial charge in [-0.25, -0.2) is 0 Å². The second-order valence-corrected chi connectivity index (χ2v) is 4.11. The first-order chi connectivity index (χ1) is 6.49. The Morgan fingerprint density at radius 1 is 1.43 bits per heavy atom. The van der Waals surface area contributed by atoms with Gasteiger partial charge < -0.3 is 10.0 Å². The number of aliphatic carboxylic acids is 1. The summed E-state index contributed by atoms with van der Waals surface area (Å²) in [5, 5.41) is 8.41. The molecule has 0 aliphatic carbocycles. The summed E-state index contributed by atoms with van der Waals surface area (Å²) in [6, 6.07) is 0.159. The zero-order chi connectivity index (χ0) is 11.1. The Labute approximate surface area is 88.7 Å². The normalized spacial score (nSPS) is 12.2. The van der Waals surface area contributed by atoms with Gasteiger partial charge in [0.25, 0.3) is 0 Å². The highest BCUT2D eigenvalue weighted by molar-refractivity contribution is 7.98. The van der Waals surface area contributed by atoms with Crippen molar-refractivity contribution in [2.24, 2.45) is 0 Å². The van der Waals surface area contributed by atoms with E-state index in [9.17, 15) is 9.59 Å². The minimum atomic E-state index is -0.927. The van der Waals surface area contributed by atoms with E-state index in [1.165, 1.54) is 0 Å². The molecule has 1 N–H and O–H groups in total. The van der Waals surface area contributed by atoms with E-state index in [1.54, 1.807) is 23.7 Å². The first-order valence-corrected chi connectivity index (χ1v) is 5.84. The van der Waals surface area contributed by atoms with Gasteiger partial charge in [-0.3, -0.25) is 9.59 Å². The van der Waals surface area contributed by atoms with Crippen LogP contribution in [0.1, 0.15) is 19.8 Å². The van der Waals surface area contributed by atoms with Gasteiger partial charge in [-0.15, -0.1) is 0 Å². The van der Waals surface area contributed by atoms with Crippen LogP contribution >= 0.6 is 11.8 Å². The number of thioether (sulfide) groups is 1. The molecule has 0 aromatic heterocycles. The molecule has 1 unspecified atom stereocenters. The molecular formula is C9H17NO3S. The van der Waals surface area contributed by atoms with Crippen LogP contribution in [0.3, 0.4) is 0 Å². The first kappa shape index (κ1) is 13.3. The van der Waals surface area contributed by atoms with Crippen LogP contribution in [-0.4, -0.2) is 47.0 Å². The van der Waals surface area contributed by atoms with Gasteiger partial charge in [0.1, 0.15) is 0 Å². The topological polar surface area (TPSA) is 57.6 Å². The van der Waals surface area contributed by atoms with Crippen LogP contribution in [0.15, 0.2) is 0 Å². The summed E-state index contributed by atoms with van der Waals surface area (Å²) in [6.45, 7) is 1.95. The van der Waals surface area contributed by atoms with Gasteiger partial charge >= 0.3 is 5.97 Å². The summed E-state index contributed by atoms with van der Waals surface area (Å²) in [5.74, 6) is -0.159. The molecule has 4 nitrogen and oxygen atoms in total. The van der Waals surface area contributed by atoms with Gasteiger partial charge in [0.2, 0.25) is 5.91 Å². The third kappa shape index (κ3) is 5.11. The quantitative estimate of drug-likeness (QED) is 0.725. The molecular weight excluding hydrogens is 202 g/mol. The zero-order valence-corrected chi connectivity index (χ0v) is 9.63. The Morgan fingerprint density at radius 3 is 2.43 bits per heavy atom. The molecule has 0 fully saturated rings. The van der Waals surface area contributed by atoms with Crippen molar-refractivity contribution in [2.45, 2.75) is 25.8 Å². The maximum Gasteiger partial charge on any atom is 0.303 e. The van der Waals surface area contributed by atoms with Crippen molar-refractivity contribution in [3.8, 4) is 0 Å². The number of amides is 1. The van der Waals surface area contributed by atoms with Crippen LogP contribution in [0.5, 0.6) is 0 Å². The SMILES string of the molecule is CSCC(C)N(C)C(=O)CCC(=O)O. The van der Waals surface area contributed by atoms with E-state index in [0.717, 1.165) is 5.75 Å². The Bertz CT molecular complexity index is 208. The molecule has 0 rings (SSSR count). The summed E-state index contributed by atoms with van der Waals surface area (Å²) in [6.07, 6.45) is 1.98.